The molecule has 0 spiro atoms. The molecule has 0 amide bonds. The van der Waals surface area contributed by atoms with Crippen LogP contribution in [0.15, 0.2) is 24.3 Å². The molecule has 3 nitrogen and oxygen atoms in total. The molecule has 1 rings (SSSR count). The lowest BCUT2D eigenvalue weighted by Crippen LogP contribution is -2.26. The van der Waals surface area contributed by atoms with Crippen molar-refractivity contribution in [3.63, 3.8) is 0 Å². The first kappa shape index (κ1) is 13.7. The molecule has 0 bridgehead atoms. The number of benzene rings is 1. The van der Waals surface area contributed by atoms with Crippen LogP contribution < -0.4 is 4.90 Å². The summed E-state index contributed by atoms with van der Waals surface area (Å²) < 4.78 is 5.08. The van der Waals surface area contributed by atoms with E-state index in [9.17, 15) is 4.79 Å². The molecule has 0 saturated heterocycles. The van der Waals surface area contributed by atoms with E-state index < -0.39 is 0 Å². The average molecular weight is 235 g/mol. The summed E-state index contributed by atoms with van der Waals surface area (Å²) in [5.41, 5.74) is 1.93. The lowest BCUT2D eigenvalue weighted by Gasteiger charge is -2.22. The first-order valence-corrected chi connectivity index (χ1v) is 6.10. The molecule has 1 aromatic carbocycles. The Morgan fingerprint density at radius 2 is 1.88 bits per heavy atom. The Hall–Kier alpha value is -1.35. The van der Waals surface area contributed by atoms with Gasteiger partial charge in [-0.3, -0.25) is 4.79 Å². The van der Waals surface area contributed by atoms with Gasteiger partial charge in [0.05, 0.1) is 6.61 Å². The van der Waals surface area contributed by atoms with Gasteiger partial charge >= 0.3 is 0 Å². The minimum absolute atomic E-state index is 0.191. The van der Waals surface area contributed by atoms with Crippen LogP contribution in [0.25, 0.3) is 0 Å². The fourth-order valence-corrected chi connectivity index (χ4v) is 1.73. The Bertz CT molecular complexity index is 346. The summed E-state index contributed by atoms with van der Waals surface area (Å²) >= 11 is 0. The van der Waals surface area contributed by atoms with Gasteiger partial charge in [-0.2, -0.15) is 0 Å². The van der Waals surface area contributed by atoms with Crippen molar-refractivity contribution in [1.82, 2.24) is 0 Å². The number of carbonyl (C=O) groups is 1. The minimum atomic E-state index is 0.191. The van der Waals surface area contributed by atoms with Gasteiger partial charge < -0.3 is 9.64 Å². The molecule has 94 valence electrons. The monoisotopic (exact) mass is 235 g/mol. The topological polar surface area (TPSA) is 29.5 Å². The second kappa shape index (κ2) is 7.07. The number of anilines is 1. The molecule has 0 unspecified atom stereocenters. The van der Waals surface area contributed by atoms with E-state index in [1.165, 1.54) is 0 Å². The normalized spacial score (nSPS) is 10.3. The molecular weight excluding hydrogens is 214 g/mol. The van der Waals surface area contributed by atoms with Gasteiger partial charge in [-0.25, -0.2) is 0 Å². The fraction of sp³-hybridized carbons (Fsp3) is 0.500. The van der Waals surface area contributed by atoms with E-state index in [-0.39, 0.29) is 5.78 Å². The predicted octanol–water partition coefficient (Wildman–Crippen LogP) is 2.75. The van der Waals surface area contributed by atoms with Gasteiger partial charge in [-0.1, -0.05) is 6.92 Å². The standard InChI is InChI=1S/C14H21NO2/c1-4-14(16)12-6-8-13(9-7-12)15(5-2)10-11-17-3/h6-9H,4-5,10-11H2,1-3H3. The van der Waals surface area contributed by atoms with E-state index in [0.717, 1.165) is 24.3 Å². The maximum absolute atomic E-state index is 11.5. The number of hydrogen-bond acceptors (Lipinski definition) is 3. The van der Waals surface area contributed by atoms with Gasteiger partial charge in [0.1, 0.15) is 0 Å². The van der Waals surface area contributed by atoms with E-state index in [1.54, 1.807) is 7.11 Å². The van der Waals surface area contributed by atoms with Crippen LogP contribution in [-0.2, 0) is 4.74 Å². The van der Waals surface area contributed by atoms with Gasteiger partial charge in [-0.05, 0) is 31.2 Å². The fourth-order valence-electron chi connectivity index (χ4n) is 1.73. The van der Waals surface area contributed by atoms with Crippen LogP contribution in [0.3, 0.4) is 0 Å². The van der Waals surface area contributed by atoms with Crippen LogP contribution in [0.4, 0.5) is 5.69 Å². The second-order valence-electron chi connectivity index (χ2n) is 3.90. The molecule has 0 aliphatic heterocycles. The summed E-state index contributed by atoms with van der Waals surface area (Å²) in [4.78, 5) is 13.7. The van der Waals surface area contributed by atoms with Crippen LogP contribution in [-0.4, -0.2) is 32.6 Å². The zero-order valence-corrected chi connectivity index (χ0v) is 10.9. The third kappa shape index (κ3) is 3.86. The molecule has 0 aromatic heterocycles. The quantitative estimate of drug-likeness (QED) is 0.681. The first-order valence-electron chi connectivity index (χ1n) is 6.10. The number of hydrogen-bond donors (Lipinski definition) is 0. The summed E-state index contributed by atoms with van der Waals surface area (Å²) in [5.74, 6) is 0.191. The highest BCUT2D eigenvalue weighted by Gasteiger charge is 2.06. The number of nitrogens with zero attached hydrogens (tertiary/aromatic N) is 1. The molecule has 0 heterocycles. The number of methoxy groups -OCH3 is 1. The molecule has 0 aliphatic carbocycles. The number of likely N-dealkylation sites (N-methyl/N-ethyl adjacent to an activating group) is 1. The Balaban J connectivity index is 2.74. The van der Waals surface area contributed by atoms with Crippen LogP contribution >= 0.6 is 0 Å². The maximum atomic E-state index is 11.5. The molecule has 0 saturated carbocycles. The number of carbonyl (C=O) groups excluding carboxylic acids is 1. The van der Waals surface area contributed by atoms with Gasteiger partial charge in [0.25, 0.3) is 0 Å². The van der Waals surface area contributed by atoms with E-state index in [1.807, 2.05) is 31.2 Å². The number of rotatable bonds is 7. The molecule has 0 fully saturated rings. The van der Waals surface area contributed by atoms with E-state index >= 15 is 0 Å². The van der Waals surface area contributed by atoms with Crippen molar-refractivity contribution in [1.29, 1.82) is 0 Å². The van der Waals surface area contributed by atoms with Gasteiger partial charge in [0, 0.05) is 37.9 Å². The first-order chi connectivity index (χ1) is 8.22. The highest BCUT2D eigenvalue weighted by molar-refractivity contribution is 5.96. The predicted molar refractivity (Wildman–Crippen MR) is 70.8 cm³/mol. The Morgan fingerprint density at radius 3 is 2.35 bits per heavy atom. The molecular formula is C14H21NO2. The second-order valence-corrected chi connectivity index (χ2v) is 3.90. The van der Waals surface area contributed by atoms with E-state index in [2.05, 4.69) is 11.8 Å². The van der Waals surface area contributed by atoms with Crippen LogP contribution in [0.1, 0.15) is 30.6 Å². The van der Waals surface area contributed by atoms with Crippen molar-refractivity contribution in [3.05, 3.63) is 29.8 Å². The van der Waals surface area contributed by atoms with E-state index in [0.29, 0.717) is 13.0 Å². The highest BCUT2D eigenvalue weighted by atomic mass is 16.5. The molecule has 0 radical (unpaired) electrons. The highest BCUT2D eigenvalue weighted by Crippen LogP contribution is 2.15. The third-order valence-corrected chi connectivity index (χ3v) is 2.82. The molecule has 0 atom stereocenters. The number of ketones is 1. The molecule has 3 heteroatoms. The maximum Gasteiger partial charge on any atom is 0.162 e. The van der Waals surface area contributed by atoms with Gasteiger partial charge in [0.15, 0.2) is 5.78 Å². The van der Waals surface area contributed by atoms with E-state index in [4.69, 9.17) is 4.74 Å². The van der Waals surface area contributed by atoms with Crippen molar-refractivity contribution in [2.24, 2.45) is 0 Å². The van der Waals surface area contributed by atoms with Gasteiger partial charge in [-0.15, -0.1) is 0 Å². The number of ether oxygens (including phenoxy) is 1. The van der Waals surface area contributed by atoms with Crippen molar-refractivity contribution in [3.8, 4) is 0 Å². The average Bonchev–Trinajstić information content (AvgIpc) is 2.39. The van der Waals surface area contributed by atoms with Crippen LogP contribution in [0, 0.1) is 0 Å². The zero-order chi connectivity index (χ0) is 12.7. The van der Waals surface area contributed by atoms with Crippen molar-refractivity contribution in [2.75, 3.05) is 31.7 Å². The largest absolute Gasteiger partial charge is 0.383 e. The summed E-state index contributed by atoms with van der Waals surface area (Å²) in [6.45, 7) is 6.51. The van der Waals surface area contributed by atoms with Crippen molar-refractivity contribution >= 4 is 11.5 Å². The Labute approximate surface area is 103 Å². The lowest BCUT2D eigenvalue weighted by molar-refractivity contribution is 0.0988. The molecule has 1 aromatic rings. The molecule has 17 heavy (non-hydrogen) atoms. The SMILES string of the molecule is CCC(=O)c1ccc(N(CC)CCOC)cc1. The smallest absolute Gasteiger partial charge is 0.162 e. The Kier molecular flexibility index (Phi) is 5.70. The molecule has 0 aliphatic rings. The Morgan fingerprint density at radius 1 is 1.24 bits per heavy atom. The summed E-state index contributed by atoms with van der Waals surface area (Å²) in [7, 11) is 1.71. The zero-order valence-electron chi connectivity index (χ0n) is 10.9. The third-order valence-electron chi connectivity index (χ3n) is 2.82. The minimum Gasteiger partial charge on any atom is -0.383 e. The lowest BCUT2D eigenvalue weighted by atomic mass is 10.1. The van der Waals surface area contributed by atoms with Crippen molar-refractivity contribution < 1.29 is 9.53 Å². The van der Waals surface area contributed by atoms with Crippen LogP contribution in [0.5, 0.6) is 0 Å². The number of Topliss-reactive ketones (excluding diaryl/α,β-unsaturated/α-hetero) is 1. The summed E-state index contributed by atoms with van der Waals surface area (Å²) in [6, 6.07) is 7.80. The van der Waals surface area contributed by atoms with Gasteiger partial charge in [0.2, 0.25) is 0 Å². The van der Waals surface area contributed by atoms with Crippen molar-refractivity contribution in [2.45, 2.75) is 20.3 Å². The van der Waals surface area contributed by atoms with Crippen LogP contribution in [0.2, 0.25) is 0 Å². The molecule has 0 N–H and O–H groups in total. The summed E-state index contributed by atoms with van der Waals surface area (Å²) in [5, 5.41) is 0. The summed E-state index contributed by atoms with van der Waals surface area (Å²) in [6.07, 6.45) is 0.556.